The van der Waals surface area contributed by atoms with Crippen molar-refractivity contribution in [2.24, 2.45) is 0 Å². The molecule has 0 spiro atoms. The van der Waals surface area contributed by atoms with Crippen molar-refractivity contribution in [1.29, 1.82) is 0 Å². The lowest BCUT2D eigenvalue weighted by Gasteiger charge is -2.20. The Bertz CT molecular complexity index is 2650. The Balaban J connectivity index is 1.33. The highest BCUT2D eigenvalue weighted by Gasteiger charge is 2.22. The zero-order chi connectivity index (χ0) is 30.9. The molecule has 10 rings (SSSR count). The van der Waals surface area contributed by atoms with Crippen LogP contribution in [0.15, 0.2) is 174 Å². The number of benzene rings is 9. The number of furan rings is 1. The zero-order valence-corrected chi connectivity index (χ0v) is 25.6. The van der Waals surface area contributed by atoms with Crippen LogP contribution in [0.3, 0.4) is 0 Å². The fourth-order valence-electron chi connectivity index (χ4n) is 7.77. The molecule has 0 atom stereocenters. The van der Waals surface area contributed by atoms with Gasteiger partial charge in [0.1, 0.15) is 11.2 Å². The van der Waals surface area contributed by atoms with Crippen LogP contribution >= 0.6 is 0 Å². The van der Waals surface area contributed by atoms with Crippen molar-refractivity contribution in [3.8, 4) is 44.5 Å². The maximum atomic E-state index is 6.35. The second kappa shape index (κ2) is 10.2. The lowest BCUT2D eigenvalue weighted by atomic mass is 9.83. The van der Waals surface area contributed by atoms with E-state index in [4.69, 9.17) is 4.42 Å². The Kier molecular flexibility index (Phi) is 5.64. The van der Waals surface area contributed by atoms with Crippen LogP contribution < -0.4 is 0 Å². The number of fused-ring (bicyclic) bond motifs is 2. The monoisotopic (exact) mass is 596 g/mol. The van der Waals surface area contributed by atoms with Gasteiger partial charge in [-0.1, -0.05) is 133 Å². The minimum absolute atomic E-state index is 0.937. The van der Waals surface area contributed by atoms with E-state index >= 15 is 0 Å². The molecule has 0 saturated carbocycles. The summed E-state index contributed by atoms with van der Waals surface area (Å²) >= 11 is 0. The summed E-state index contributed by atoms with van der Waals surface area (Å²) < 4.78 is 6.35. The molecule has 1 heterocycles. The van der Waals surface area contributed by atoms with Gasteiger partial charge in [0, 0.05) is 10.8 Å². The van der Waals surface area contributed by atoms with Gasteiger partial charge in [0.15, 0.2) is 0 Å². The maximum absolute atomic E-state index is 6.35. The van der Waals surface area contributed by atoms with Crippen LogP contribution in [0.2, 0.25) is 0 Å². The third-order valence-corrected chi connectivity index (χ3v) is 9.78. The van der Waals surface area contributed by atoms with Crippen LogP contribution in [-0.4, -0.2) is 0 Å². The van der Waals surface area contributed by atoms with Crippen LogP contribution in [0.5, 0.6) is 0 Å². The van der Waals surface area contributed by atoms with Crippen LogP contribution in [0, 0.1) is 0 Å². The predicted octanol–water partition coefficient (Wildman–Crippen LogP) is 13.2. The molecule has 0 bridgehead atoms. The first kappa shape index (κ1) is 26.1. The van der Waals surface area contributed by atoms with Crippen molar-refractivity contribution < 1.29 is 4.42 Å². The normalized spacial score (nSPS) is 11.8. The second-order valence-corrected chi connectivity index (χ2v) is 12.4. The minimum atomic E-state index is 0.937. The van der Waals surface area contributed by atoms with Crippen molar-refractivity contribution in [3.05, 3.63) is 170 Å². The molecule has 0 saturated heterocycles. The topological polar surface area (TPSA) is 13.1 Å². The number of hydrogen-bond acceptors (Lipinski definition) is 1. The quantitative estimate of drug-likeness (QED) is 0.145. The van der Waals surface area contributed by atoms with E-state index in [1.54, 1.807) is 0 Å². The molecule has 1 aromatic heterocycles. The minimum Gasteiger partial charge on any atom is -0.456 e. The average Bonchev–Trinajstić information content (AvgIpc) is 3.53. The fourth-order valence-corrected chi connectivity index (χ4v) is 7.77. The molecule has 218 valence electrons. The molecule has 0 aliphatic heterocycles. The summed E-state index contributed by atoms with van der Waals surface area (Å²) in [6.45, 7) is 0. The highest BCUT2D eigenvalue weighted by atomic mass is 16.3. The Labute approximate surface area is 272 Å². The molecule has 0 aliphatic rings. The smallest absolute Gasteiger partial charge is 0.136 e. The molecule has 0 N–H and O–H groups in total. The third-order valence-electron chi connectivity index (χ3n) is 9.78. The molecule has 1 nitrogen and oxygen atoms in total. The molecule has 1 heteroatoms. The fraction of sp³-hybridized carbons (Fsp3) is 0. The van der Waals surface area contributed by atoms with Crippen molar-refractivity contribution in [1.82, 2.24) is 0 Å². The van der Waals surface area contributed by atoms with Gasteiger partial charge >= 0.3 is 0 Å². The SMILES string of the molecule is c1ccc(-c2cc(-c3ccccc3)cc(-c3c4ccccc4c(-c4cc5cccc6oc7cccc4c7c56)c4ccccc34)c2)cc1. The van der Waals surface area contributed by atoms with Crippen LogP contribution in [0.1, 0.15) is 0 Å². The summed E-state index contributed by atoms with van der Waals surface area (Å²) in [5.74, 6) is 0. The molecule has 10 aromatic rings. The Morgan fingerprint density at radius 3 is 1.36 bits per heavy atom. The molecule has 0 unspecified atom stereocenters. The summed E-state index contributed by atoms with van der Waals surface area (Å²) in [4.78, 5) is 0. The first-order chi connectivity index (χ1) is 23.3. The summed E-state index contributed by atoms with van der Waals surface area (Å²) in [6, 6.07) is 61.6. The van der Waals surface area contributed by atoms with Crippen molar-refractivity contribution in [3.63, 3.8) is 0 Å². The first-order valence-corrected chi connectivity index (χ1v) is 16.2. The van der Waals surface area contributed by atoms with E-state index in [9.17, 15) is 0 Å². The van der Waals surface area contributed by atoms with E-state index < -0.39 is 0 Å². The second-order valence-electron chi connectivity index (χ2n) is 12.4. The first-order valence-electron chi connectivity index (χ1n) is 16.2. The molecule has 9 aromatic carbocycles. The number of rotatable bonds is 4. The standard InChI is InChI=1S/C46H28O/c1-3-13-29(14-4-1)32-25-33(30-15-5-2-6-16-30)27-34(26-32)43-35-18-7-9-20-37(35)45(38-21-10-8-19-36(38)43)40-28-31-17-11-23-41-44(31)46-39(40)22-12-24-42(46)47-41/h1-28H. The molecule has 0 fully saturated rings. The largest absolute Gasteiger partial charge is 0.456 e. The van der Waals surface area contributed by atoms with Gasteiger partial charge in [0.25, 0.3) is 0 Å². The molecule has 0 amide bonds. The lowest BCUT2D eigenvalue weighted by Crippen LogP contribution is -1.93. The van der Waals surface area contributed by atoms with E-state index in [1.807, 2.05) is 0 Å². The molecule has 47 heavy (non-hydrogen) atoms. The molecule has 0 radical (unpaired) electrons. The highest BCUT2D eigenvalue weighted by molar-refractivity contribution is 6.29. The van der Waals surface area contributed by atoms with E-state index in [0.29, 0.717) is 0 Å². The lowest BCUT2D eigenvalue weighted by molar-refractivity contribution is 0.669. The van der Waals surface area contributed by atoms with Gasteiger partial charge in [-0.25, -0.2) is 0 Å². The third kappa shape index (κ3) is 3.97. The molecule has 0 aliphatic carbocycles. The van der Waals surface area contributed by atoms with E-state index in [0.717, 1.165) is 11.2 Å². The summed E-state index contributed by atoms with van der Waals surface area (Å²) in [5, 5.41) is 9.82. The predicted molar refractivity (Wildman–Crippen MR) is 199 cm³/mol. The molecular formula is C46H28O. The van der Waals surface area contributed by atoms with Gasteiger partial charge in [0.05, 0.1) is 0 Å². The summed E-state index contributed by atoms with van der Waals surface area (Å²) in [7, 11) is 0. The van der Waals surface area contributed by atoms with Gasteiger partial charge in [-0.05, 0) is 113 Å². The average molecular weight is 597 g/mol. The van der Waals surface area contributed by atoms with E-state index in [1.165, 1.54) is 87.6 Å². The maximum Gasteiger partial charge on any atom is 0.136 e. The van der Waals surface area contributed by atoms with Gasteiger partial charge < -0.3 is 4.42 Å². The summed E-state index contributed by atoms with van der Waals surface area (Å²) in [5.41, 5.74) is 11.7. The van der Waals surface area contributed by atoms with E-state index in [2.05, 4.69) is 170 Å². The molecular weight excluding hydrogens is 569 g/mol. The van der Waals surface area contributed by atoms with Crippen molar-refractivity contribution >= 4 is 54.3 Å². The Hall–Kier alpha value is -6.18. The zero-order valence-electron chi connectivity index (χ0n) is 25.6. The van der Waals surface area contributed by atoms with Gasteiger partial charge in [-0.2, -0.15) is 0 Å². The van der Waals surface area contributed by atoms with Crippen LogP contribution in [0.25, 0.3) is 98.8 Å². The van der Waals surface area contributed by atoms with E-state index in [-0.39, 0.29) is 0 Å². The van der Waals surface area contributed by atoms with Gasteiger partial charge in [0.2, 0.25) is 0 Å². The summed E-state index contributed by atoms with van der Waals surface area (Å²) in [6.07, 6.45) is 0. The number of hydrogen-bond donors (Lipinski definition) is 0. The van der Waals surface area contributed by atoms with Crippen molar-refractivity contribution in [2.45, 2.75) is 0 Å². The van der Waals surface area contributed by atoms with Crippen molar-refractivity contribution in [2.75, 3.05) is 0 Å². The van der Waals surface area contributed by atoms with Crippen LogP contribution in [0.4, 0.5) is 0 Å². The van der Waals surface area contributed by atoms with Crippen LogP contribution in [-0.2, 0) is 0 Å². The van der Waals surface area contributed by atoms with Gasteiger partial charge in [-0.15, -0.1) is 0 Å². The highest BCUT2D eigenvalue weighted by Crippen LogP contribution is 2.49. The van der Waals surface area contributed by atoms with Gasteiger partial charge in [-0.3, -0.25) is 0 Å². The Morgan fingerprint density at radius 2 is 0.766 bits per heavy atom. The Morgan fingerprint density at radius 1 is 0.298 bits per heavy atom.